The summed E-state index contributed by atoms with van der Waals surface area (Å²) in [5.41, 5.74) is 1.64. The van der Waals surface area contributed by atoms with Gasteiger partial charge in [0.1, 0.15) is 0 Å². The fraction of sp³-hybridized carbons (Fsp3) is 0.556. The number of likely N-dealkylation sites (tertiary alicyclic amines) is 1. The third-order valence-corrected chi connectivity index (χ3v) is 5.06. The third-order valence-electron chi connectivity index (χ3n) is 4.39. The topological polar surface area (TPSA) is 61.4 Å². The molecule has 0 aliphatic carbocycles. The van der Waals surface area contributed by atoms with Crippen LogP contribution in [0.3, 0.4) is 0 Å². The van der Waals surface area contributed by atoms with Crippen LogP contribution in [0.1, 0.15) is 38.2 Å². The normalized spacial score (nSPS) is 16.0. The minimum absolute atomic E-state index is 0.0962. The minimum atomic E-state index is -0.590. The molecule has 132 valence electrons. The summed E-state index contributed by atoms with van der Waals surface area (Å²) in [6.45, 7) is 7.22. The van der Waals surface area contributed by atoms with E-state index in [1.165, 1.54) is 12.8 Å². The van der Waals surface area contributed by atoms with Gasteiger partial charge in [-0.2, -0.15) is 0 Å². The first-order chi connectivity index (χ1) is 11.5. The van der Waals surface area contributed by atoms with Gasteiger partial charge in [0.2, 0.25) is 0 Å². The van der Waals surface area contributed by atoms with Crippen molar-refractivity contribution in [3.8, 4) is 0 Å². The predicted octanol–water partition coefficient (Wildman–Crippen LogP) is 2.92. The molecule has 5 nitrogen and oxygen atoms in total. The van der Waals surface area contributed by atoms with Gasteiger partial charge in [0, 0.05) is 28.4 Å². The second-order valence-corrected chi connectivity index (χ2v) is 7.60. The molecule has 0 spiro atoms. The van der Waals surface area contributed by atoms with Crippen molar-refractivity contribution in [1.29, 1.82) is 0 Å². The molecule has 1 aromatic carbocycles. The summed E-state index contributed by atoms with van der Waals surface area (Å²) in [4.78, 5) is 26.6. The van der Waals surface area contributed by atoms with Crippen molar-refractivity contribution < 1.29 is 9.59 Å². The van der Waals surface area contributed by atoms with Crippen molar-refractivity contribution >= 4 is 40.1 Å². The number of nitrogens with zero attached hydrogens (tertiary/aromatic N) is 1. The van der Waals surface area contributed by atoms with Crippen LogP contribution >= 0.6 is 22.6 Å². The Morgan fingerprint density at radius 2 is 1.96 bits per heavy atom. The molecule has 0 saturated carbocycles. The first-order valence-electron chi connectivity index (χ1n) is 8.60. The molecule has 2 amide bonds. The van der Waals surface area contributed by atoms with Crippen LogP contribution in [0.2, 0.25) is 0 Å². The van der Waals surface area contributed by atoms with E-state index in [0.717, 1.165) is 41.6 Å². The van der Waals surface area contributed by atoms with Crippen molar-refractivity contribution in [3.05, 3.63) is 27.3 Å². The lowest BCUT2D eigenvalue weighted by atomic mass is 10.0. The Morgan fingerprint density at radius 1 is 1.25 bits per heavy atom. The number of aryl methyl sites for hydroxylation is 1. The molecule has 0 aromatic heterocycles. The maximum Gasteiger partial charge on any atom is 0.313 e. The average molecular weight is 443 g/mol. The van der Waals surface area contributed by atoms with Gasteiger partial charge in [-0.1, -0.05) is 13.3 Å². The molecule has 1 aliphatic rings. The molecule has 0 bridgehead atoms. The molecule has 6 heteroatoms. The van der Waals surface area contributed by atoms with E-state index in [0.29, 0.717) is 5.69 Å². The van der Waals surface area contributed by atoms with Crippen LogP contribution in [0.5, 0.6) is 0 Å². The van der Waals surface area contributed by atoms with Crippen molar-refractivity contribution in [2.45, 2.75) is 45.6 Å². The van der Waals surface area contributed by atoms with Crippen LogP contribution in [-0.2, 0) is 9.59 Å². The smallest absolute Gasteiger partial charge is 0.313 e. The quantitative estimate of drug-likeness (QED) is 0.544. The zero-order valence-electron chi connectivity index (χ0n) is 14.4. The summed E-state index contributed by atoms with van der Waals surface area (Å²) in [7, 11) is 0. The Labute approximate surface area is 157 Å². The van der Waals surface area contributed by atoms with Crippen LogP contribution in [-0.4, -0.2) is 42.4 Å². The largest absolute Gasteiger partial charge is 0.345 e. The van der Waals surface area contributed by atoms with E-state index in [2.05, 4.69) is 45.0 Å². The molecular formula is C18H26IN3O2. The molecule has 1 aliphatic heterocycles. The second kappa shape index (κ2) is 9.36. The number of piperidine rings is 1. The van der Waals surface area contributed by atoms with Gasteiger partial charge in [0.05, 0.1) is 0 Å². The number of rotatable bonds is 5. The van der Waals surface area contributed by atoms with Gasteiger partial charge in [-0.15, -0.1) is 0 Å². The Kier molecular flexibility index (Phi) is 7.48. The number of halogens is 1. The molecular weight excluding hydrogens is 417 g/mol. The number of hydrogen-bond donors (Lipinski definition) is 2. The maximum atomic E-state index is 12.1. The van der Waals surface area contributed by atoms with Crippen LogP contribution in [0, 0.1) is 10.5 Å². The number of carbonyl (C=O) groups is 2. The number of anilines is 1. The SMILES string of the molecule is CCCCN1CCC(NC(=O)C(=O)Nc2ccc(I)cc2C)CC1. The van der Waals surface area contributed by atoms with Gasteiger partial charge in [-0.25, -0.2) is 0 Å². The first kappa shape index (κ1) is 19.2. The van der Waals surface area contributed by atoms with Gasteiger partial charge in [-0.05, 0) is 79.1 Å². The number of carbonyl (C=O) groups excluding carboxylic acids is 2. The van der Waals surface area contributed by atoms with Crippen molar-refractivity contribution in [2.75, 3.05) is 25.0 Å². The summed E-state index contributed by atoms with van der Waals surface area (Å²) >= 11 is 2.22. The van der Waals surface area contributed by atoms with Crippen LogP contribution in [0.25, 0.3) is 0 Å². The summed E-state index contributed by atoms with van der Waals surface area (Å²) in [6.07, 6.45) is 4.24. The molecule has 1 saturated heterocycles. The van der Waals surface area contributed by atoms with E-state index in [9.17, 15) is 9.59 Å². The van der Waals surface area contributed by atoms with Crippen molar-refractivity contribution in [2.24, 2.45) is 0 Å². The first-order valence-corrected chi connectivity index (χ1v) is 9.67. The third kappa shape index (κ3) is 5.73. The maximum absolute atomic E-state index is 12.1. The lowest BCUT2D eigenvalue weighted by molar-refractivity contribution is -0.136. The lowest BCUT2D eigenvalue weighted by Crippen LogP contribution is -2.47. The molecule has 0 radical (unpaired) electrons. The average Bonchev–Trinajstić information content (AvgIpc) is 2.56. The monoisotopic (exact) mass is 443 g/mol. The number of amides is 2. The summed E-state index contributed by atoms with van der Waals surface area (Å²) in [6, 6.07) is 5.81. The summed E-state index contributed by atoms with van der Waals surface area (Å²) < 4.78 is 1.10. The highest BCUT2D eigenvalue weighted by Gasteiger charge is 2.23. The molecule has 2 rings (SSSR count). The number of benzene rings is 1. The second-order valence-electron chi connectivity index (χ2n) is 6.36. The summed E-state index contributed by atoms with van der Waals surface area (Å²) in [5, 5.41) is 5.57. The van der Waals surface area contributed by atoms with Gasteiger partial charge in [0.25, 0.3) is 0 Å². The zero-order chi connectivity index (χ0) is 17.5. The molecule has 1 aromatic rings. The van der Waals surface area contributed by atoms with E-state index >= 15 is 0 Å². The van der Waals surface area contributed by atoms with Gasteiger partial charge < -0.3 is 15.5 Å². The Bertz CT molecular complexity index is 584. The molecule has 1 fully saturated rings. The molecule has 1 heterocycles. The standard InChI is InChI=1S/C18H26IN3O2/c1-3-4-9-22-10-7-15(8-11-22)20-17(23)18(24)21-16-6-5-14(19)12-13(16)2/h5-6,12,15H,3-4,7-11H2,1-2H3,(H,20,23)(H,21,24). The highest BCUT2D eigenvalue weighted by molar-refractivity contribution is 14.1. The molecule has 0 atom stereocenters. The van der Waals surface area contributed by atoms with Crippen molar-refractivity contribution in [1.82, 2.24) is 10.2 Å². The highest BCUT2D eigenvalue weighted by Crippen LogP contribution is 2.17. The summed E-state index contributed by atoms with van der Waals surface area (Å²) in [5.74, 6) is -1.13. The minimum Gasteiger partial charge on any atom is -0.345 e. The Balaban J connectivity index is 1.79. The van der Waals surface area contributed by atoms with Gasteiger partial charge >= 0.3 is 11.8 Å². The van der Waals surface area contributed by atoms with E-state index in [1.54, 1.807) is 0 Å². The lowest BCUT2D eigenvalue weighted by Gasteiger charge is -2.32. The van der Waals surface area contributed by atoms with E-state index in [-0.39, 0.29) is 6.04 Å². The fourth-order valence-corrected chi connectivity index (χ4v) is 3.53. The van der Waals surface area contributed by atoms with Crippen LogP contribution < -0.4 is 10.6 Å². The van der Waals surface area contributed by atoms with E-state index < -0.39 is 11.8 Å². The molecule has 0 unspecified atom stereocenters. The van der Waals surface area contributed by atoms with Crippen LogP contribution in [0.15, 0.2) is 18.2 Å². The Morgan fingerprint density at radius 3 is 2.58 bits per heavy atom. The molecule has 2 N–H and O–H groups in total. The van der Waals surface area contributed by atoms with Crippen LogP contribution in [0.4, 0.5) is 5.69 Å². The van der Waals surface area contributed by atoms with E-state index in [4.69, 9.17) is 0 Å². The van der Waals surface area contributed by atoms with Gasteiger partial charge in [-0.3, -0.25) is 9.59 Å². The predicted molar refractivity (Wildman–Crippen MR) is 105 cm³/mol. The van der Waals surface area contributed by atoms with E-state index in [1.807, 2.05) is 25.1 Å². The highest BCUT2D eigenvalue weighted by atomic mass is 127. The Hall–Kier alpha value is -1.15. The molecule has 24 heavy (non-hydrogen) atoms. The van der Waals surface area contributed by atoms with Crippen molar-refractivity contribution in [3.63, 3.8) is 0 Å². The number of hydrogen-bond acceptors (Lipinski definition) is 3. The fourth-order valence-electron chi connectivity index (χ4n) is 2.88. The number of nitrogens with one attached hydrogen (secondary N) is 2. The zero-order valence-corrected chi connectivity index (χ0v) is 16.6. The van der Waals surface area contributed by atoms with Gasteiger partial charge in [0.15, 0.2) is 0 Å². The number of unbranched alkanes of at least 4 members (excludes halogenated alkanes) is 1.